The second-order valence-corrected chi connectivity index (χ2v) is 11.1. The maximum Gasteiger partial charge on any atom is 0.227 e. The maximum atomic E-state index is 10.0. The van der Waals surface area contributed by atoms with Gasteiger partial charge >= 0.3 is 0 Å². The molecule has 2 N–H and O–H groups in total. The van der Waals surface area contributed by atoms with Crippen LogP contribution in [0, 0.1) is 11.3 Å². The minimum absolute atomic E-state index is 0.422. The van der Waals surface area contributed by atoms with E-state index in [-0.39, 0.29) is 0 Å². The van der Waals surface area contributed by atoms with Crippen molar-refractivity contribution in [2.45, 2.75) is 48.7 Å². The molecule has 1 fully saturated rings. The van der Waals surface area contributed by atoms with Crippen LogP contribution >= 0.6 is 23.1 Å². The number of nitrogens with zero attached hydrogens (tertiary/aromatic N) is 3. The van der Waals surface area contributed by atoms with Gasteiger partial charge in [-0.3, -0.25) is 0 Å². The van der Waals surface area contributed by atoms with Gasteiger partial charge in [0.05, 0.1) is 33.6 Å². The number of thiophene rings is 1. The highest BCUT2D eigenvalue weighted by atomic mass is 32.2. The van der Waals surface area contributed by atoms with E-state index >= 15 is 0 Å². The summed E-state index contributed by atoms with van der Waals surface area (Å²) >= 11 is 3.33. The Morgan fingerprint density at radius 2 is 2.03 bits per heavy atom. The van der Waals surface area contributed by atoms with Gasteiger partial charge in [-0.2, -0.15) is 5.26 Å². The molecule has 0 bridgehead atoms. The number of hydrogen-bond donors (Lipinski definition) is 2. The van der Waals surface area contributed by atoms with Crippen molar-refractivity contribution >= 4 is 34.7 Å². The largest absolute Gasteiger partial charge is 0.493 e. The topological polar surface area (TPSA) is 92.1 Å². The zero-order chi connectivity index (χ0) is 25.9. The van der Waals surface area contributed by atoms with Crippen LogP contribution in [0.2, 0.25) is 0 Å². The quantitative estimate of drug-likeness (QED) is 0.186. The smallest absolute Gasteiger partial charge is 0.227 e. The SMILES string of the molecule is COCCNCCCOc1cccc(Nc2nccc(-c3sc(SC)c(C#N)c3C3CCCCC3)n2)c1. The monoisotopic (exact) mass is 537 g/mol. The van der Waals surface area contributed by atoms with E-state index in [1.807, 2.05) is 36.6 Å². The highest BCUT2D eigenvalue weighted by Crippen LogP contribution is 2.47. The molecule has 3 aromatic rings. The number of benzene rings is 1. The van der Waals surface area contributed by atoms with Crippen LogP contribution in [-0.4, -0.2) is 49.6 Å². The van der Waals surface area contributed by atoms with Crippen LogP contribution < -0.4 is 15.4 Å². The fourth-order valence-electron chi connectivity index (χ4n) is 4.67. The molecule has 37 heavy (non-hydrogen) atoms. The molecule has 0 atom stereocenters. The number of aromatic nitrogens is 2. The first kappa shape index (κ1) is 27.4. The Bertz CT molecular complexity index is 1190. The molecule has 4 rings (SSSR count). The highest BCUT2D eigenvalue weighted by molar-refractivity contribution is 8.00. The first-order valence-corrected chi connectivity index (χ1v) is 14.9. The van der Waals surface area contributed by atoms with E-state index in [0.717, 1.165) is 64.1 Å². The molecule has 1 aliphatic carbocycles. The van der Waals surface area contributed by atoms with E-state index in [1.54, 1.807) is 36.4 Å². The summed E-state index contributed by atoms with van der Waals surface area (Å²) in [5.41, 5.74) is 3.77. The first-order valence-electron chi connectivity index (χ1n) is 12.9. The van der Waals surface area contributed by atoms with Crippen molar-refractivity contribution in [3.63, 3.8) is 0 Å². The van der Waals surface area contributed by atoms with Crippen molar-refractivity contribution in [1.82, 2.24) is 15.3 Å². The molecule has 1 aromatic carbocycles. The lowest BCUT2D eigenvalue weighted by Gasteiger charge is -2.22. The van der Waals surface area contributed by atoms with Crippen LogP contribution in [0.5, 0.6) is 5.75 Å². The standard InChI is InChI=1S/C28H35N5O2S2/c1-34-17-15-30-13-7-16-35-22-11-6-10-21(18-22)32-28-31-14-12-24(33-28)26-25(20-8-4-3-5-9-20)23(19-29)27(36-2)37-26/h6,10-12,14,18,20,30H,3-5,7-9,13,15-17H2,1-2H3,(H,31,32,33). The van der Waals surface area contributed by atoms with Gasteiger partial charge in [-0.1, -0.05) is 25.3 Å². The number of anilines is 2. The molecule has 7 nitrogen and oxygen atoms in total. The van der Waals surface area contributed by atoms with Gasteiger partial charge in [0.1, 0.15) is 11.8 Å². The van der Waals surface area contributed by atoms with E-state index in [9.17, 15) is 5.26 Å². The third-order valence-electron chi connectivity index (χ3n) is 6.45. The Balaban J connectivity index is 1.47. The molecule has 0 radical (unpaired) electrons. The summed E-state index contributed by atoms with van der Waals surface area (Å²) in [6.07, 6.45) is 10.7. The fraction of sp³-hybridized carbons (Fsp3) is 0.464. The van der Waals surface area contributed by atoms with Gasteiger partial charge in [0.25, 0.3) is 0 Å². The second-order valence-electron chi connectivity index (χ2n) is 9.02. The van der Waals surface area contributed by atoms with Crippen molar-refractivity contribution in [3.05, 3.63) is 47.7 Å². The average Bonchev–Trinajstić information content (AvgIpc) is 3.32. The number of nitriles is 1. The van der Waals surface area contributed by atoms with E-state index in [0.29, 0.717) is 25.1 Å². The Hall–Kier alpha value is -2.64. The maximum absolute atomic E-state index is 10.0. The van der Waals surface area contributed by atoms with Crippen LogP contribution in [-0.2, 0) is 4.74 Å². The molecule has 1 aliphatic rings. The molecule has 196 valence electrons. The molecule has 0 saturated heterocycles. The lowest BCUT2D eigenvalue weighted by molar-refractivity contribution is 0.198. The van der Waals surface area contributed by atoms with Crippen LogP contribution in [0.1, 0.15) is 55.6 Å². The lowest BCUT2D eigenvalue weighted by atomic mass is 9.82. The van der Waals surface area contributed by atoms with Crippen molar-refractivity contribution in [2.24, 2.45) is 0 Å². The molecule has 0 amide bonds. The summed E-state index contributed by atoms with van der Waals surface area (Å²) in [6, 6.07) is 12.3. The summed E-state index contributed by atoms with van der Waals surface area (Å²) in [5, 5.41) is 16.7. The second kappa shape index (κ2) is 14.3. The van der Waals surface area contributed by atoms with Crippen LogP contribution in [0.4, 0.5) is 11.6 Å². The van der Waals surface area contributed by atoms with Crippen molar-refractivity contribution in [2.75, 3.05) is 45.0 Å². The van der Waals surface area contributed by atoms with Gasteiger partial charge in [-0.15, -0.1) is 23.1 Å². The molecule has 2 aromatic heterocycles. The Kier molecular flexibility index (Phi) is 10.6. The number of methoxy groups -OCH3 is 1. The third kappa shape index (κ3) is 7.45. The van der Waals surface area contributed by atoms with E-state index < -0.39 is 0 Å². The van der Waals surface area contributed by atoms with Gasteiger partial charge in [0.15, 0.2) is 0 Å². The van der Waals surface area contributed by atoms with E-state index in [4.69, 9.17) is 14.5 Å². The van der Waals surface area contributed by atoms with Gasteiger partial charge in [0.2, 0.25) is 5.95 Å². The Morgan fingerprint density at radius 1 is 1.16 bits per heavy atom. The number of rotatable bonds is 13. The van der Waals surface area contributed by atoms with Crippen molar-refractivity contribution in [1.29, 1.82) is 5.26 Å². The van der Waals surface area contributed by atoms with Crippen LogP contribution in [0.15, 0.2) is 40.7 Å². The van der Waals surface area contributed by atoms with Gasteiger partial charge in [-0.25, -0.2) is 9.97 Å². The Labute approximate surface area is 228 Å². The normalized spacial score (nSPS) is 13.9. The summed E-state index contributed by atoms with van der Waals surface area (Å²) in [5.74, 6) is 1.76. The first-order chi connectivity index (χ1) is 18.2. The van der Waals surface area contributed by atoms with Crippen LogP contribution in [0.25, 0.3) is 10.6 Å². The summed E-state index contributed by atoms with van der Waals surface area (Å²) in [4.78, 5) is 10.4. The average molecular weight is 538 g/mol. The molecular formula is C28H35N5O2S2. The zero-order valence-electron chi connectivity index (χ0n) is 21.6. The summed E-state index contributed by atoms with van der Waals surface area (Å²) < 4.78 is 12.0. The van der Waals surface area contributed by atoms with Crippen molar-refractivity contribution in [3.8, 4) is 22.4 Å². The molecular weight excluding hydrogens is 502 g/mol. The van der Waals surface area contributed by atoms with Gasteiger partial charge in [0, 0.05) is 31.6 Å². The number of hydrogen-bond acceptors (Lipinski definition) is 9. The lowest BCUT2D eigenvalue weighted by Crippen LogP contribution is -2.21. The summed E-state index contributed by atoms with van der Waals surface area (Å²) in [7, 11) is 1.70. The predicted octanol–water partition coefficient (Wildman–Crippen LogP) is 6.59. The summed E-state index contributed by atoms with van der Waals surface area (Å²) in [6.45, 7) is 3.08. The van der Waals surface area contributed by atoms with E-state index in [1.165, 1.54) is 24.8 Å². The minimum Gasteiger partial charge on any atom is -0.493 e. The molecule has 2 heterocycles. The number of thioether (sulfide) groups is 1. The van der Waals surface area contributed by atoms with E-state index in [2.05, 4.69) is 21.7 Å². The number of nitrogens with one attached hydrogen (secondary N) is 2. The predicted molar refractivity (Wildman–Crippen MR) is 152 cm³/mol. The van der Waals surface area contributed by atoms with Gasteiger partial charge < -0.3 is 20.1 Å². The van der Waals surface area contributed by atoms with Gasteiger partial charge in [-0.05, 0) is 61.7 Å². The highest BCUT2D eigenvalue weighted by Gasteiger charge is 2.27. The van der Waals surface area contributed by atoms with Crippen LogP contribution in [0.3, 0.4) is 0 Å². The molecule has 0 aliphatic heterocycles. The zero-order valence-corrected chi connectivity index (χ0v) is 23.2. The molecule has 9 heteroatoms. The third-order valence-corrected chi connectivity index (χ3v) is 8.80. The molecule has 1 saturated carbocycles. The minimum atomic E-state index is 0.422. The Morgan fingerprint density at radius 3 is 2.81 bits per heavy atom. The number of ether oxygens (including phenoxy) is 2. The molecule has 0 spiro atoms. The fourth-order valence-corrected chi connectivity index (χ4v) is 6.65. The van der Waals surface area contributed by atoms with Crippen molar-refractivity contribution < 1.29 is 9.47 Å². The molecule has 0 unspecified atom stereocenters.